The summed E-state index contributed by atoms with van der Waals surface area (Å²) < 4.78 is 0. The molecule has 0 aromatic carbocycles. The van der Waals surface area contributed by atoms with Crippen molar-refractivity contribution in [3.63, 3.8) is 0 Å². The van der Waals surface area contributed by atoms with E-state index >= 15 is 0 Å². The van der Waals surface area contributed by atoms with Crippen molar-refractivity contribution in [3.05, 3.63) is 0 Å². The molecule has 0 aromatic heterocycles. The normalized spacial score (nSPS) is 22.4. The molecule has 1 unspecified atom stereocenters. The fraction of sp³-hybridized carbons (Fsp3) is 1.00. The third-order valence-corrected chi connectivity index (χ3v) is 4.37. The Hall–Kier alpha value is -0.0800. The van der Waals surface area contributed by atoms with Gasteiger partial charge in [0.25, 0.3) is 0 Å². The zero-order valence-electron chi connectivity index (χ0n) is 13.0. The smallest absolute Gasteiger partial charge is 0.0664 e. The lowest BCUT2D eigenvalue weighted by atomic mass is 9.98. The van der Waals surface area contributed by atoms with Gasteiger partial charge in [0.1, 0.15) is 0 Å². The highest BCUT2D eigenvalue weighted by molar-refractivity contribution is 4.70. The van der Waals surface area contributed by atoms with E-state index in [2.05, 4.69) is 12.2 Å². The third-order valence-electron chi connectivity index (χ3n) is 4.37. The van der Waals surface area contributed by atoms with Crippen LogP contribution in [-0.2, 0) is 0 Å². The van der Waals surface area contributed by atoms with Crippen molar-refractivity contribution < 1.29 is 5.11 Å². The molecular weight excluding hydrogens is 234 g/mol. The first-order valence-corrected chi connectivity index (χ1v) is 8.74. The first-order valence-electron chi connectivity index (χ1n) is 8.74. The summed E-state index contributed by atoms with van der Waals surface area (Å²) in [5, 5.41) is 13.4. The average molecular weight is 269 g/mol. The molecule has 0 bridgehead atoms. The molecule has 1 atom stereocenters. The van der Waals surface area contributed by atoms with Crippen molar-refractivity contribution in [3.8, 4) is 0 Å². The van der Waals surface area contributed by atoms with Gasteiger partial charge in [-0.3, -0.25) is 0 Å². The summed E-state index contributed by atoms with van der Waals surface area (Å²) in [6.45, 7) is 2.93. The highest BCUT2D eigenvalue weighted by Crippen LogP contribution is 2.17. The van der Waals surface area contributed by atoms with Crippen molar-refractivity contribution in [1.82, 2.24) is 5.32 Å². The Bertz CT molecular complexity index is 184. The van der Waals surface area contributed by atoms with Gasteiger partial charge in [0.2, 0.25) is 0 Å². The Morgan fingerprint density at radius 1 is 0.895 bits per heavy atom. The Kier molecular flexibility index (Phi) is 10.5. The summed E-state index contributed by atoms with van der Waals surface area (Å²) >= 11 is 0. The van der Waals surface area contributed by atoms with E-state index < -0.39 is 0 Å². The second-order valence-electron chi connectivity index (χ2n) is 6.31. The van der Waals surface area contributed by atoms with Crippen molar-refractivity contribution in [2.24, 2.45) is 0 Å². The molecular formula is C17H35NO. The zero-order valence-corrected chi connectivity index (χ0v) is 13.0. The molecule has 0 amide bonds. The van der Waals surface area contributed by atoms with Crippen LogP contribution in [0.25, 0.3) is 0 Å². The predicted octanol–water partition coefficient (Wildman–Crippen LogP) is 4.41. The van der Waals surface area contributed by atoms with E-state index in [1.54, 1.807) is 0 Å². The van der Waals surface area contributed by atoms with Crippen LogP contribution in [0.1, 0.15) is 90.4 Å². The van der Waals surface area contributed by atoms with Crippen molar-refractivity contribution in [1.29, 1.82) is 0 Å². The van der Waals surface area contributed by atoms with Gasteiger partial charge in [-0.05, 0) is 19.3 Å². The maximum Gasteiger partial charge on any atom is 0.0664 e. The molecule has 0 radical (unpaired) electrons. The molecule has 0 spiro atoms. The van der Waals surface area contributed by atoms with Gasteiger partial charge in [-0.1, -0.05) is 71.1 Å². The predicted molar refractivity (Wildman–Crippen MR) is 83.5 cm³/mol. The molecule has 0 aliphatic heterocycles. The largest absolute Gasteiger partial charge is 0.392 e. The van der Waals surface area contributed by atoms with Crippen LogP contribution in [0.2, 0.25) is 0 Å². The lowest BCUT2D eigenvalue weighted by Crippen LogP contribution is -2.35. The number of aliphatic hydroxyl groups excluding tert-OH is 1. The number of aliphatic hydroxyl groups is 1. The first kappa shape index (κ1) is 17.0. The monoisotopic (exact) mass is 269 g/mol. The fourth-order valence-corrected chi connectivity index (χ4v) is 3.11. The van der Waals surface area contributed by atoms with Crippen LogP contribution in [0, 0.1) is 0 Å². The fourth-order valence-electron chi connectivity index (χ4n) is 3.11. The molecule has 114 valence electrons. The molecule has 2 nitrogen and oxygen atoms in total. The molecule has 1 fully saturated rings. The van der Waals surface area contributed by atoms with E-state index in [0.717, 1.165) is 19.4 Å². The molecule has 2 N–H and O–H groups in total. The Morgan fingerprint density at radius 2 is 1.37 bits per heavy atom. The van der Waals surface area contributed by atoms with E-state index in [4.69, 9.17) is 0 Å². The SMILES string of the molecule is CCCC(O)CNC1CCCCCCCCCCC1. The van der Waals surface area contributed by atoms with Gasteiger partial charge in [-0.15, -0.1) is 0 Å². The lowest BCUT2D eigenvalue weighted by Gasteiger charge is -2.21. The van der Waals surface area contributed by atoms with Crippen LogP contribution < -0.4 is 5.32 Å². The van der Waals surface area contributed by atoms with E-state index in [1.165, 1.54) is 70.6 Å². The van der Waals surface area contributed by atoms with Gasteiger partial charge in [-0.25, -0.2) is 0 Å². The molecule has 0 aromatic rings. The van der Waals surface area contributed by atoms with E-state index in [0.29, 0.717) is 6.04 Å². The number of hydrogen-bond acceptors (Lipinski definition) is 2. The van der Waals surface area contributed by atoms with Crippen molar-refractivity contribution >= 4 is 0 Å². The van der Waals surface area contributed by atoms with Gasteiger partial charge in [0.05, 0.1) is 6.10 Å². The van der Waals surface area contributed by atoms with Crippen LogP contribution in [0.3, 0.4) is 0 Å². The second-order valence-corrected chi connectivity index (χ2v) is 6.31. The summed E-state index contributed by atoms with van der Waals surface area (Å²) in [7, 11) is 0. The van der Waals surface area contributed by atoms with Crippen LogP contribution in [-0.4, -0.2) is 23.8 Å². The minimum atomic E-state index is -0.147. The van der Waals surface area contributed by atoms with Crippen LogP contribution in [0.15, 0.2) is 0 Å². The molecule has 1 aliphatic carbocycles. The number of hydrogen-bond donors (Lipinski definition) is 2. The molecule has 1 rings (SSSR count). The topological polar surface area (TPSA) is 32.3 Å². The second kappa shape index (κ2) is 11.7. The lowest BCUT2D eigenvalue weighted by molar-refractivity contribution is 0.154. The van der Waals surface area contributed by atoms with Gasteiger partial charge < -0.3 is 10.4 Å². The van der Waals surface area contributed by atoms with Crippen molar-refractivity contribution in [2.75, 3.05) is 6.54 Å². The van der Waals surface area contributed by atoms with Gasteiger partial charge in [0, 0.05) is 12.6 Å². The molecule has 19 heavy (non-hydrogen) atoms. The first-order chi connectivity index (χ1) is 9.33. The number of rotatable bonds is 5. The zero-order chi connectivity index (χ0) is 13.8. The Morgan fingerprint density at radius 3 is 1.84 bits per heavy atom. The maximum atomic E-state index is 9.83. The number of nitrogens with one attached hydrogen (secondary N) is 1. The van der Waals surface area contributed by atoms with Crippen LogP contribution in [0.4, 0.5) is 0 Å². The molecule has 2 heteroatoms. The van der Waals surface area contributed by atoms with Gasteiger partial charge in [-0.2, -0.15) is 0 Å². The van der Waals surface area contributed by atoms with E-state index in [9.17, 15) is 5.11 Å². The summed E-state index contributed by atoms with van der Waals surface area (Å²) in [4.78, 5) is 0. The summed E-state index contributed by atoms with van der Waals surface area (Å²) in [6.07, 6.45) is 17.2. The third kappa shape index (κ3) is 9.45. The molecule has 0 heterocycles. The summed E-state index contributed by atoms with van der Waals surface area (Å²) in [5.41, 5.74) is 0. The molecule has 1 saturated carbocycles. The van der Waals surface area contributed by atoms with Crippen molar-refractivity contribution in [2.45, 2.75) is 103 Å². The molecule has 0 saturated heterocycles. The average Bonchev–Trinajstić information content (AvgIpc) is 2.38. The quantitative estimate of drug-likeness (QED) is 0.775. The maximum absolute atomic E-state index is 9.83. The molecule has 1 aliphatic rings. The Balaban J connectivity index is 2.22. The van der Waals surface area contributed by atoms with Crippen LogP contribution in [0.5, 0.6) is 0 Å². The van der Waals surface area contributed by atoms with Crippen LogP contribution >= 0.6 is 0 Å². The van der Waals surface area contributed by atoms with E-state index in [-0.39, 0.29) is 6.10 Å². The minimum Gasteiger partial charge on any atom is -0.392 e. The standard InChI is InChI=1S/C17H35NO/c1-2-12-17(19)15-18-16-13-10-8-6-4-3-5-7-9-11-14-16/h16-19H,2-15H2,1H3. The van der Waals surface area contributed by atoms with Gasteiger partial charge >= 0.3 is 0 Å². The highest BCUT2D eigenvalue weighted by Gasteiger charge is 2.11. The summed E-state index contributed by atoms with van der Waals surface area (Å²) in [6, 6.07) is 0.644. The Labute approximate surface area is 120 Å². The summed E-state index contributed by atoms with van der Waals surface area (Å²) in [5.74, 6) is 0. The highest BCUT2D eigenvalue weighted by atomic mass is 16.3. The van der Waals surface area contributed by atoms with Gasteiger partial charge in [0.15, 0.2) is 0 Å². The van der Waals surface area contributed by atoms with E-state index in [1.807, 2.05) is 0 Å². The minimum absolute atomic E-state index is 0.147.